The smallest absolute Gasteiger partial charge is 0.256 e. The van der Waals surface area contributed by atoms with Crippen molar-refractivity contribution in [2.24, 2.45) is 0 Å². The van der Waals surface area contributed by atoms with E-state index in [2.05, 4.69) is 10.3 Å². The Labute approximate surface area is 136 Å². The molecule has 120 valence electrons. The summed E-state index contributed by atoms with van der Waals surface area (Å²) in [5, 5.41) is 2.79. The Balaban J connectivity index is 2.38. The lowest BCUT2D eigenvalue weighted by Gasteiger charge is -2.13. The molecular formula is C18H20N2O3. The van der Waals surface area contributed by atoms with Gasteiger partial charge in [0.2, 0.25) is 0 Å². The first-order valence-electron chi connectivity index (χ1n) is 7.21. The van der Waals surface area contributed by atoms with Crippen LogP contribution < -0.4 is 14.8 Å². The van der Waals surface area contributed by atoms with Crippen molar-refractivity contribution < 1.29 is 14.3 Å². The van der Waals surface area contributed by atoms with Crippen LogP contribution in [-0.2, 0) is 0 Å². The zero-order chi connectivity index (χ0) is 16.8. The molecule has 0 bridgehead atoms. The number of aromatic nitrogens is 1. The van der Waals surface area contributed by atoms with Gasteiger partial charge in [0, 0.05) is 17.3 Å². The first kappa shape index (κ1) is 16.5. The minimum absolute atomic E-state index is 0.255. The predicted molar refractivity (Wildman–Crippen MR) is 91.2 cm³/mol. The lowest BCUT2D eigenvalue weighted by Crippen LogP contribution is -2.13. The molecule has 0 radical (unpaired) electrons. The standard InChI is InChI=1S/C18H20N2O3/c1-5-6-13-10-14(11-15(22-3)17(13)23-4)18(21)20-16-9-12(2)7-8-19-16/h5-11H,1-4H3,(H,19,20,21)/b6-5+. The summed E-state index contributed by atoms with van der Waals surface area (Å²) < 4.78 is 10.7. The molecule has 1 aromatic heterocycles. The number of nitrogens with zero attached hydrogens (tertiary/aromatic N) is 1. The molecule has 0 aliphatic carbocycles. The Hall–Kier alpha value is -2.82. The van der Waals surface area contributed by atoms with Crippen LogP contribution in [0.2, 0.25) is 0 Å². The molecule has 0 saturated carbocycles. The summed E-state index contributed by atoms with van der Waals surface area (Å²) in [5.41, 5.74) is 2.27. The summed E-state index contributed by atoms with van der Waals surface area (Å²) in [5.74, 6) is 1.36. The summed E-state index contributed by atoms with van der Waals surface area (Å²) >= 11 is 0. The highest BCUT2D eigenvalue weighted by Crippen LogP contribution is 2.33. The molecule has 0 aliphatic heterocycles. The normalized spacial score (nSPS) is 10.6. The number of carbonyl (C=O) groups is 1. The fraction of sp³-hybridized carbons (Fsp3) is 0.222. The minimum Gasteiger partial charge on any atom is -0.493 e. The van der Waals surface area contributed by atoms with Gasteiger partial charge in [-0.25, -0.2) is 4.98 Å². The molecule has 2 rings (SSSR count). The van der Waals surface area contributed by atoms with Gasteiger partial charge in [-0.15, -0.1) is 0 Å². The maximum atomic E-state index is 12.5. The number of aryl methyl sites for hydroxylation is 1. The van der Waals surface area contributed by atoms with Gasteiger partial charge in [-0.3, -0.25) is 4.79 Å². The second kappa shape index (κ2) is 7.45. The summed E-state index contributed by atoms with van der Waals surface area (Å²) in [4.78, 5) is 16.6. The highest BCUT2D eigenvalue weighted by Gasteiger charge is 2.15. The Bertz CT molecular complexity index is 739. The Kier molecular flexibility index (Phi) is 5.36. The number of nitrogens with one attached hydrogen (secondary N) is 1. The van der Waals surface area contributed by atoms with E-state index in [1.54, 1.807) is 32.5 Å². The summed E-state index contributed by atoms with van der Waals surface area (Å²) in [6.07, 6.45) is 5.40. The number of pyridine rings is 1. The number of rotatable bonds is 5. The van der Waals surface area contributed by atoms with Crippen LogP contribution in [0.3, 0.4) is 0 Å². The summed E-state index contributed by atoms with van der Waals surface area (Å²) in [6, 6.07) is 7.09. The van der Waals surface area contributed by atoms with Crippen LogP contribution in [0, 0.1) is 6.92 Å². The van der Waals surface area contributed by atoms with Crippen molar-refractivity contribution in [2.45, 2.75) is 13.8 Å². The van der Waals surface area contributed by atoms with E-state index >= 15 is 0 Å². The Morgan fingerprint density at radius 3 is 2.61 bits per heavy atom. The molecular weight excluding hydrogens is 292 g/mol. The molecule has 0 fully saturated rings. The molecule has 1 aromatic carbocycles. The van der Waals surface area contributed by atoms with Crippen LogP contribution in [0.15, 0.2) is 36.5 Å². The molecule has 2 aromatic rings. The lowest BCUT2D eigenvalue weighted by atomic mass is 10.1. The number of hydrogen-bond acceptors (Lipinski definition) is 4. The van der Waals surface area contributed by atoms with Gasteiger partial charge in [-0.1, -0.05) is 12.2 Å². The Morgan fingerprint density at radius 2 is 2.00 bits per heavy atom. The van der Waals surface area contributed by atoms with Gasteiger partial charge in [-0.2, -0.15) is 0 Å². The van der Waals surface area contributed by atoms with Gasteiger partial charge in [0.25, 0.3) is 5.91 Å². The third-order valence-corrected chi connectivity index (χ3v) is 3.27. The molecule has 0 aliphatic rings. The first-order valence-corrected chi connectivity index (χ1v) is 7.21. The molecule has 0 spiro atoms. The number of carbonyl (C=O) groups excluding carboxylic acids is 1. The zero-order valence-corrected chi connectivity index (χ0v) is 13.7. The number of anilines is 1. The van der Waals surface area contributed by atoms with Crippen LogP contribution in [0.4, 0.5) is 5.82 Å². The lowest BCUT2D eigenvalue weighted by molar-refractivity contribution is 0.102. The van der Waals surface area contributed by atoms with Gasteiger partial charge < -0.3 is 14.8 Å². The first-order chi connectivity index (χ1) is 11.1. The van der Waals surface area contributed by atoms with E-state index in [0.717, 1.165) is 11.1 Å². The highest BCUT2D eigenvalue weighted by atomic mass is 16.5. The van der Waals surface area contributed by atoms with Crippen LogP contribution in [0.5, 0.6) is 11.5 Å². The number of amides is 1. The van der Waals surface area contributed by atoms with E-state index in [9.17, 15) is 4.79 Å². The van der Waals surface area contributed by atoms with Gasteiger partial charge in [0.1, 0.15) is 5.82 Å². The van der Waals surface area contributed by atoms with Crippen LogP contribution in [0.1, 0.15) is 28.4 Å². The Morgan fingerprint density at radius 1 is 1.22 bits per heavy atom. The monoisotopic (exact) mass is 312 g/mol. The maximum Gasteiger partial charge on any atom is 0.256 e. The van der Waals surface area contributed by atoms with Crippen molar-refractivity contribution in [3.05, 3.63) is 53.2 Å². The quantitative estimate of drug-likeness (QED) is 0.914. The zero-order valence-electron chi connectivity index (χ0n) is 13.7. The highest BCUT2D eigenvalue weighted by molar-refractivity contribution is 6.04. The number of ether oxygens (including phenoxy) is 2. The van der Waals surface area contributed by atoms with Crippen molar-refractivity contribution in [3.63, 3.8) is 0 Å². The molecule has 1 N–H and O–H groups in total. The van der Waals surface area contributed by atoms with Gasteiger partial charge in [0.15, 0.2) is 11.5 Å². The van der Waals surface area contributed by atoms with Crippen molar-refractivity contribution in [1.82, 2.24) is 4.98 Å². The molecule has 0 unspecified atom stereocenters. The summed E-state index contributed by atoms with van der Waals surface area (Å²) in [7, 11) is 3.11. The number of methoxy groups -OCH3 is 2. The number of allylic oxidation sites excluding steroid dienone is 1. The predicted octanol–water partition coefficient (Wildman–Crippen LogP) is 3.69. The van der Waals surface area contributed by atoms with Crippen molar-refractivity contribution in [2.75, 3.05) is 19.5 Å². The van der Waals surface area contributed by atoms with Crippen LogP contribution in [0.25, 0.3) is 6.08 Å². The van der Waals surface area contributed by atoms with Crippen LogP contribution >= 0.6 is 0 Å². The van der Waals surface area contributed by atoms with E-state index in [1.807, 2.05) is 38.1 Å². The summed E-state index contributed by atoms with van der Waals surface area (Å²) in [6.45, 7) is 3.84. The third kappa shape index (κ3) is 3.88. The maximum absolute atomic E-state index is 12.5. The van der Waals surface area contributed by atoms with Gasteiger partial charge in [0.05, 0.1) is 14.2 Å². The topological polar surface area (TPSA) is 60.5 Å². The molecule has 0 saturated heterocycles. The second-order valence-electron chi connectivity index (χ2n) is 4.97. The molecule has 5 heteroatoms. The average molecular weight is 312 g/mol. The molecule has 1 heterocycles. The molecule has 1 amide bonds. The second-order valence-corrected chi connectivity index (χ2v) is 4.97. The van der Waals surface area contributed by atoms with Crippen molar-refractivity contribution >= 4 is 17.8 Å². The largest absolute Gasteiger partial charge is 0.493 e. The SMILES string of the molecule is C/C=C/c1cc(C(=O)Nc2cc(C)ccn2)cc(OC)c1OC. The van der Waals surface area contributed by atoms with Gasteiger partial charge in [-0.05, 0) is 43.7 Å². The number of benzene rings is 1. The third-order valence-electron chi connectivity index (χ3n) is 3.27. The van der Waals surface area contributed by atoms with Crippen molar-refractivity contribution in [3.8, 4) is 11.5 Å². The molecule has 23 heavy (non-hydrogen) atoms. The van der Waals surface area contributed by atoms with Crippen molar-refractivity contribution in [1.29, 1.82) is 0 Å². The van der Waals surface area contributed by atoms with E-state index in [1.165, 1.54) is 0 Å². The molecule has 0 atom stereocenters. The van der Waals surface area contributed by atoms with E-state index in [4.69, 9.17) is 9.47 Å². The fourth-order valence-electron chi connectivity index (χ4n) is 2.22. The van der Waals surface area contributed by atoms with E-state index in [-0.39, 0.29) is 5.91 Å². The molecule has 5 nitrogen and oxygen atoms in total. The number of hydrogen-bond donors (Lipinski definition) is 1. The minimum atomic E-state index is -0.255. The fourth-order valence-corrected chi connectivity index (χ4v) is 2.22. The van der Waals surface area contributed by atoms with Crippen LogP contribution in [-0.4, -0.2) is 25.1 Å². The van der Waals surface area contributed by atoms with Gasteiger partial charge >= 0.3 is 0 Å². The average Bonchev–Trinajstić information content (AvgIpc) is 2.54. The van der Waals surface area contributed by atoms with E-state index in [0.29, 0.717) is 22.9 Å². The van der Waals surface area contributed by atoms with E-state index < -0.39 is 0 Å².